The Hall–Kier alpha value is -1.76. The maximum absolute atomic E-state index is 11.7. The van der Waals surface area contributed by atoms with E-state index in [1.165, 1.54) is 4.90 Å². The van der Waals surface area contributed by atoms with Gasteiger partial charge in [-0.3, -0.25) is 25.2 Å². The van der Waals surface area contributed by atoms with Crippen molar-refractivity contribution in [1.29, 1.82) is 0 Å². The van der Waals surface area contributed by atoms with Crippen LogP contribution in [0.5, 0.6) is 0 Å². The molecule has 1 aliphatic heterocycles. The van der Waals surface area contributed by atoms with Crippen LogP contribution < -0.4 is 15.5 Å². The van der Waals surface area contributed by atoms with Crippen LogP contribution in [0.15, 0.2) is 4.99 Å². The summed E-state index contributed by atoms with van der Waals surface area (Å²) in [6, 6.07) is -0.765. The Bertz CT molecular complexity index is 396. The minimum Gasteiger partial charge on any atom is -0.334 e. The number of carbonyl (C=O) groups excluding carboxylic acids is 3. The average Bonchev–Trinajstić information content (AvgIpc) is 2.40. The van der Waals surface area contributed by atoms with Gasteiger partial charge in [0.2, 0.25) is 11.8 Å². The van der Waals surface area contributed by atoms with E-state index in [9.17, 15) is 14.4 Å². The van der Waals surface area contributed by atoms with Gasteiger partial charge in [-0.25, -0.2) is 4.79 Å². The molecule has 0 aromatic heterocycles. The Balaban J connectivity index is 2.71. The summed E-state index contributed by atoms with van der Waals surface area (Å²) in [4.78, 5) is 40.3. The zero-order valence-corrected chi connectivity index (χ0v) is 12.3. The summed E-state index contributed by atoms with van der Waals surface area (Å²) in [5.74, 6) is -2.16. The van der Waals surface area contributed by atoms with Crippen LogP contribution in [0.3, 0.4) is 0 Å². The standard InChI is InChI=1S/C13H22N4O3/c1-4-9(14-7-8-17(5-2)6-3)10-11(18)15-13(20)16-12(10)19/h10H,4-8H2,1-3H3,(H2,15,16,18,19,20)/p+1. The first-order valence-electron chi connectivity index (χ1n) is 7.05. The van der Waals surface area contributed by atoms with Gasteiger partial charge in [-0.1, -0.05) is 6.92 Å². The molecule has 112 valence electrons. The predicted octanol–water partition coefficient (Wildman–Crippen LogP) is -1.26. The number of nitrogens with zero attached hydrogens (tertiary/aromatic N) is 1. The molecule has 1 aliphatic rings. The second kappa shape index (κ2) is 7.74. The molecule has 0 saturated carbocycles. The molecular weight excluding hydrogens is 260 g/mol. The number of likely N-dealkylation sites (N-methyl/N-ethyl adjacent to an activating group) is 1. The zero-order chi connectivity index (χ0) is 15.1. The molecule has 7 nitrogen and oxygen atoms in total. The molecule has 0 aliphatic carbocycles. The molecule has 0 spiro atoms. The van der Waals surface area contributed by atoms with Crippen LogP contribution in [0.2, 0.25) is 0 Å². The second-order valence-corrected chi connectivity index (χ2v) is 4.67. The molecule has 1 fully saturated rings. The number of quaternary nitrogens is 1. The molecule has 3 N–H and O–H groups in total. The topological polar surface area (TPSA) is 92.1 Å². The fourth-order valence-corrected chi connectivity index (χ4v) is 2.19. The quantitative estimate of drug-likeness (QED) is 0.402. The van der Waals surface area contributed by atoms with Gasteiger partial charge in [-0.2, -0.15) is 0 Å². The van der Waals surface area contributed by atoms with E-state index in [1.807, 2.05) is 6.92 Å². The minimum absolute atomic E-state index is 0.507. The van der Waals surface area contributed by atoms with E-state index < -0.39 is 23.8 Å². The van der Waals surface area contributed by atoms with Crippen LogP contribution in [0, 0.1) is 5.92 Å². The number of hydrogen-bond acceptors (Lipinski definition) is 4. The lowest BCUT2D eigenvalue weighted by molar-refractivity contribution is -0.894. The van der Waals surface area contributed by atoms with Crippen molar-refractivity contribution in [2.45, 2.75) is 27.2 Å². The van der Waals surface area contributed by atoms with E-state index in [0.717, 1.165) is 19.6 Å². The number of urea groups is 1. The Morgan fingerprint density at radius 3 is 2.10 bits per heavy atom. The fourth-order valence-electron chi connectivity index (χ4n) is 2.19. The first-order valence-corrected chi connectivity index (χ1v) is 7.05. The summed E-state index contributed by atoms with van der Waals surface area (Å²) in [6.07, 6.45) is 0.507. The minimum atomic E-state index is -0.982. The van der Waals surface area contributed by atoms with E-state index in [1.54, 1.807) is 0 Å². The van der Waals surface area contributed by atoms with Crippen LogP contribution in [-0.2, 0) is 9.59 Å². The SMILES string of the molecule is CCC(=NCC[NH+](CC)CC)C1C(=O)NC(=O)NC1=O. The molecule has 1 rings (SSSR count). The highest BCUT2D eigenvalue weighted by atomic mass is 16.2. The Labute approximate surface area is 118 Å². The predicted molar refractivity (Wildman–Crippen MR) is 74.7 cm³/mol. The van der Waals surface area contributed by atoms with E-state index in [2.05, 4.69) is 29.5 Å². The van der Waals surface area contributed by atoms with Crippen molar-refractivity contribution in [3.8, 4) is 0 Å². The third-order valence-electron chi connectivity index (χ3n) is 3.47. The normalized spacial score (nSPS) is 17.4. The van der Waals surface area contributed by atoms with E-state index in [0.29, 0.717) is 18.7 Å². The maximum atomic E-state index is 11.7. The lowest BCUT2D eigenvalue weighted by atomic mass is 9.97. The van der Waals surface area contributed by atoms with Crippen LogP contribution >= 0.6 is 0 Å². The van der Waals surface area contributed by atoms with Crippen LogP contribution in [0.25, 0.3) is 0 Å². The van der Waals surface area contributed by atoms with Crippen LogP contribution in [0.1, 0.15) is 27.2 Å². The lowest BCUT2D eigenvalue weighted by Crippen LogP contribution is -3.11. The molecule has 20 heavy (non-hydrogen) atoms. The summed E-state index contributed by atoms with van der Waals surface area (Å²) in [5, 5.41) is 4.20. The fraction of sp³-hybridized carbons (Fsp3) is 0.692. The number of amides is 4. The smallest absolute Gasteiger partial charge is 0.328 e. The Morgan fingerprint density at radius 1 is 1.10 bits per heavy atom. The van der Waals surface area contributed by atoms with Gasteiger partial charge in [0.05, 0.1) is 26.2 Å². The number of hydrogen-bond donors (Lipinski definition) is 3. The van der Waals surface area contributed by atoms with Crippen molar-refractivity contribution in [1.82, 2.24) is 10.6 Å². The molecule has 0 radical (unpaired) electrons. The maximum Gasteiger partial charge on any atom is 0.328 e. The van der Waals surface area contributed by atoms with E-state index >= 15 is 0 Å². The largest absolute Gasteiger partial charge is 0.334 e. The molecular formula is C13H23N4O3+. The van der Waals surface area contributed by atoms with Crippen LogP contribution in [0.4, 0.5) is 4.79 Å². The number of imide groups is 2. The molecule has 4 amide bonds. The lowest BCUT2D eigenvalue weighted by Gasteiger charge is -2.22. The summed E-state index contributed by atoms with van der Waals surface area (Å²) < 4.78 is 0. The third-order valence-corrected chi connectivity index (χ3v) is 3.47. The van der Waals surface area contributed by atoms with Crippen molar-refractivity contribution < 1.29 is 19.3 Å². The number of aliphatic imine (C=N–C) groups is 1. The zero-order valence-electron chi connectivity index (χ0n) is 12.3. The van der Waals surface area contributed by atoms with Crippen molar-refractivity contribution in [3.05, 3.63) is 0 Å². The second-order valence-electron chi connectivity index (χ2n) is 4.67. The van der Waals surface area contributed by atoms with Crippen molar-refractivity contribution in [2.24, 2.45) is 10.9 Å². The monoisotopic (exact) mass is 283 g/mol. The molecule has 1 saturated heterocycles. The highest BCUT2D eigenvalue weighted by Gasteiger charge is 2.37. The summed E-state index contributed by atoms with van der Waals surface area (Å²) in [7, 11) is 0. The molecule has 0 aromatic rings. The first kappa shape index (κ1) is 16.3. The highest BCUT2D eigenvalue weighted by Crippen LogP contribution is 2.08. The number of nitrogens with one attached hydrogen (secondary N) is 3. The number of barbiturate groups is 1. The van der Waals surface area contributed by atoms with Crippen molar-refractivity contribution in [2.75, 3.05) is 26.2 Å². The molecule has 1 heterocycles. The molecule has 0 atom stereocenters. The third kappa shape index (κ3) is 4.12. The number of carbonyl (C=O) groups is 3. The Morgan fingerprint density at radius 2 is 1.65 bits per heavy atom. The van der Waals surface area contributed by atoms with Gasteiger partial charge in [-0.15, -0.1) is 0 Å². The summed E-state index contributed by atoms with van der Waals surface area (Å²) >= 11 is 0. The van der Waals surface area contributed by atoms with Gasteiger partial charge >= 0.3 is 6.03 Å². The van der Waals surface area contributed by atoms with Crippen molar-refractivity contribution >= 4 is 23.6 Å². The van der Waals surface area contributed by atoms with Gasteiger partial charge in [0, 0.05) is 5.71 Å². The van der Waals surface area contributed by atoms with Gasteiger partial charge in [0.15, 0.2) is 5.92 Å². The average molecular weight is 283 g/mol. The molecule has 0 bridgehead atoms. The van der Waals surface area contributed by atoms with Gasteiger partial charge in [0.25, 0.3) is 0 Å². The molecule has 0 unspecified atom stereocenters. The van der Waals surface area contributed by atoms with Crippen LogP contribution in [-0.4, -0.2) is 49.7 Å². The number of rotatable bonds is 7. The molecule has 7 heteroatoms. The van der Waals surface area contributed by atoms with Gasteiger partial charge < -0.3 is 4.90 Å². The van der Waals surface area contributed by atoms with E-state index in [-0.39, 0.29) is 0 Å². The Kier molecular flexibility index (Phi) is 6.30. The van der Waals surface area contributed by atoms with E-state index in [4.69, 9.17) is 0 Å². The van der Waals surface area contributed by atoms with Crippen molar-refractivity contribution in [3.63, 3.8) is 0 Å². The highest BCUT2D eigenvalue weighted by molar-refractivity contribution is 6.27. The van der Waals surface area contributed by atoms with Gasteiger partial charge in [0.1, 0.15) is 0 Å². The first-order chi connectivity index (χ1) is 9.53. The van der Waals surface area contributed by atoms with Gasteiger partial charge in [-0.05, 0) is 20.3 Å². The molecule has 0 aromatic carbocycles. The summed E-state index contributed by atoms with van der Waals surface area (Å²) in [5.41, 5.74) is 0.527. The summed E-state index contributed by atoms with van der Waals surface area (Å²) in [6.45, 7) is 9.54.